The first-order chi connectivity index (χ1) is 8.36. The lowest BCUT2D eigenvalue weighted by molar-refractivity contribution is 0.415. The highest BCUT2D eigenvalue weighted by atomic mass is 16.5. The molecule has 2 aromatic carbocycles. The maximum atomic E-state index is 5.13. The maximum Gasteiger partial charge on any atom is 0.138 e. The third-order valence-corrected chi connectivity index (χ3v) is 2.75. The highest BCUT2D eigenvalue weighted by Crippen LogP contribution is 2.22. The van der Waals surface area contributed by atoms with Crippen molar-refractivity contribution in [2.75, 3.05) is 7.11 Å². The molecule has 3 aromatic rings. The summed E-state index contributed by atoms with van der Waals surface area (Å²) in [6, 6.07) is 15.9. The number of nitrogens with one attached hydrogen (secondary N) is 1. The fraction of sp³-hybridized carbons (Fsp3) is 0.0714. The molecule has 0 aliphatic heterocycles. The lowest BCUT2D eigenvalue weighted by Crippen LogP contribution is -1.83. The molecule has 0 unspecified atom stereocenters. The fourth-order valence-electron chi connectivity index (χ4n) is 1.84. The number of benzene rings is 2. The molecule has 3 heteroatoms. The summed E-state index contributed by atoms with van der Waals surface area (Å²) in [5.41, 5.74) is 3.10. The van der Waals surface area contributed by atoms with E-state index in [1.165, 1.54) is 0 Å². The molecule has 0 radical (unpaired) electrons. The summed E-state index contributed by atoms with van der Waals surface area (Å²) in [6.45, 7) is 0. The zero-order chi connectivity index (χ0) is 11.7. The summed E-state index contributed by atoms with van der Waals surface area (Å²) in [6.07, 6.45) is 0. The Hall–Kier alpha value is -2.29. The predicted molar refractivity (Wildman–Crippen MR) is 70.2 cm³/mol. The van der Waals surface area contributed by atoms with Crippen LogP contribution in [0.5, 0.6) is 5.75 Å². The molecule has 0 aliphatic rings. The lowest BCUT2D eigenvalue weighted by Gasteiger charge is -2.00. The first kappa shape index (κ1) is 9.90. The van der Waals surface area contributed by atoms with Crippen LogP contribution in [-0.2, 0) is 0 Å². The van der Waals surface area contributed by atoms with Gasteiger partial charge in [0.05, 0.1) is 18.1 Å². The van der Waals surface area contributed by atoms with E-state index in [2.05, 4.69) is 9.97 Å². The molecule has 0 saturated carbocycles. The van der Waals surface area contributed by atoms with Crippen molar-refractivity contribution >= 4 is 11.0 Å². The van der Waals surface area contributed by atoms with E-state index in [1.807, 2.05) is 48.5 Å². The number of para-hydroxylation sites is 2. The van der Waals surface area contributed by atoms with Crippen LogP contribution in [-0.4, -0.2) is 17.1 Å². The Labute approximate surface area is 101 Å². The van der Waals surface area contributed by atoms with E-state index in [0.717, 1.165) is 28.2 Å². The van der Waals surface area contributed by atoms with E-state index < -0.39 is 0 Å². The maximum absolute atomic E-state index is 5.13. The Morgan fingerprint density at radius 1 is 1.06 bits per heavy atom. The summed E-state index contributed by atoms with van der Waals surface area (Å²) in [4.78, 5) is 7.84. The van der Waals surface area contributed by atoms with Gasteiger partial charge >= 0.3 is 0 Å². The van der Waals surface area contributed by atoms with Crippen LogP contribution in [0, 0.1) is 0 Å². The van der Waals surface area contributed by atoms with Crippen LogP contribution in [0.4, 0.5) is 0 Å². The quantitative estimate of drug-likeness (QED) is 0.726. The van der Waals surface area contributed by atoms with Crippen LogP contribution in [0.3, 0.4) is 0 Å². The lowest BCUT2D eigenvalue weighted by atomic mass is 10.2. The summed E-state index contributed by atoms with van der Waals surface area (Å²) in [7, 11) is 1.66. The Balaban J connectivity index is 0.00000120. The van der Waals surface area contributed by atoms with Crippen LogP contribution >= 0.6 is 0 Å². The second kappa shape index (κ2) is 3.94. The zero-order valence-electron chi connectivity index (χ0n) is 9.47. The highest BCUT2D eigenvalue weighted by Gasteiger charge is 2.04. The molecule has 3 rings (SSSR count). The number of aromatic nitrogens is 2. The number of aromatic amines is 1. The monoisotopic (exact) mass is 226 g/mol. The Kier molecular flexibility index (Phi) is 2.29. The van der Waals surface area contributed by atoms with Gasteiger partial charge in [0.15, 0.2) is 0 Å². The molecule has 3 nitrogen and oxygen atoms in total. The predicted octanol–water partition coefficient (Wildman–Crippen LogP) is 3.48. The third kappa shape index (κ3) is 1.76. The topological polar surface area (TPSA) is 37.9 Å². The molecule has 86 valence electrons. The third-order valence-electron chi connectivity index (χ3n) is 2.75. The van der Waals surface area contributed by atoms with Crippen molar-refractivity contribution in [3.63, 3.8) is 0 Å². The molecule has 1 aromatic heterocycles. The minimum Gasteiger partial charge on any atom is -0.497 e. The van der Waals surface area contributed by atoms with E-state index in [4.69, 9.17) is 4.74 Å². The van der Waals surface area contributed by atoms with Gasteiger partial charge in [0.25, 0.3) is 0 Å². The molecular weight excluding hydrogens is 212 g/mol. The van der Waals surface area contributed by atoms with Crippen LogP contribution in [0.2, 0.25) is 0 Å². The number of hydrogen-bond donors (Lipinski definition) is 1. The molecule has 0 aliphatic carbocycles. The van der Waals surface area contributed by atoms with Crippen molar-refractivity contribution in [3.05, 3.63) is 48.5 Å². The van der Waals surface area contributed by atoms with Gasteiger partial charge in [-0.15, -0.1) is 0 Å². The smallest absolute Gasteiger partial charge is 0.138 e. The van der Waals surface area contributed by atoms with Gasteiger partial charge in [-0.3, -0.25) is 0 Å². The van der Waals surface area contributed by atoms with Gasteiger partial charge < -0.3 is 9.72 Å². The van der Waals surface area contributed by atoms with Crippen LogP contribution < -0.4 is 4.74 Å². The minimum absolute atomic E-state index is 0. The molecule has 0 fully saturated rings. The molecule has 1 heterocycles. The van der Waals surface area contributed by atoms with E-state index in [0.29, 0.717) is 0 Å². The van der Waals surface area contributed by atoms with Gasteiger partial charge in [0.1, 0.15) is 11.6 Å². The Morgan fingerprint density at radius 2 is 1.82 bits per heavy atom. The van der Waals surface area contributed by atoms with Gasteiger partial charge in [-0.05, 0) is 36.4 Å². The Bertz CT molecular complexity index is 613. The summed E-state index contributed by atoms with van der Waals surface area (Å²) in [5.74, 6) is 1.73. The van der Waals surface area contributed by atoms with Gasteiger partial charge in [-0.1, -0.05) is 12.1 Å². The molecule has 17 heavy (non-hydrogen) atoms. The minimum atomic E-state index is 0. The number of H-pyrrole nitrogens is 1. The van der Waals surface area contributed by atoms with Crippen molar-refractivity contribution in [3.8, 4) is 17.1 Å². The SMILES string of the molecule is COc1ccc(-c2nc3ccccc3[nH]2)cc1.[HH]. The molecule has 1 N–H and O–H groups in total. The number of imidazole rings is 1. The molecule has 0 spiro atoms. The van der Waals surface area contributed by atoms with Crippen molar-refractivity contribution in [1.82, 2.24) is 9.97 Å². The molecule has 0 bridgehead atoms. The van der Waals surface area contributed by atoms with Crippen LogP contribution in [0.1, 0.15) is 1.43 Å². The number of rotatable bonds is 2. The highest BCUT2D eigenvalue weighted by molar-refractivity contribution is 5.79. The van der Waals surface area contributed by atoms with Crippen LogP contribution in [0.25, 0.3) is 22.4 Å². The Morgan fingerprint density at radius 3 is 2.53 bits per heavy atom. The van der Waals surface area contributed by atoms with Crippen LogP contribution in [0.15, 0.2) is 48.5 Å². The number of ether oxygens (including phenoxy) is 1. The number of nitrogens with zero attached hydrogens (tertiary/aromatic N) is 1. The average molecular weight is 226 g/mol. The molecule has 0 atom stereocenters. The van der Waals surface area contributed by atoms with Gasteiger partial charge in [0, 0.05) is 6.99 Å². The second-order valence-electron chi connectivity index (χ2n) is 3.83. The van der Waals surface area contributed by atoms with Gasteiger partial charge in [-0.25, -0.2) is 4.98 Å². The summed E-state index contributed by atoms with van der Waals surface area (Å²) in [5, 5.41) is 0. The van der Waals surface area contributed by atoms with E-state index in [-0.39, 0.29) is 1.43 Å². The average Bonchev–Trinajstić information content (AvgIpc) is 2.82. The summed E-state index contributed by atoms with van der Waals surface area (Å²) >= 11 is 0. The van der Waals surface area contributed by atoms with Crippen molar-refractivity contribution < 1.29 is 6.16 Å². The molecule has 0 amide bonds. The van der Waals surface area contributed by atoms with Crippen molar-refractivity contribution in [2.45, 2.75) is 0 Å². The standard InChI is InChI=1S/C14H12N2O.H2/c1-17-11-8-6-10(7-9-11)14-15-12-4-2-3-5-13(12)16-14;/h2-9H,1H3,(H,15,16);1H. The van der Waals surface area contributed by atoms with Crippen molar-refractivity contribution in [1.29, 1.82) is 0 Å². The zero-order valence-corrected chi connectivity index (χ0v) is 9.47. The number of fused-ring (bicyclic) bond motifs is 1. The fourth-order valence-corrected chi connectivity index (χ4v) is 1.84. The number of methoxy groups -OCH3 is 1. The van der Waals surface area contributed by atoms with E-state index in [9.17, 15) is 0 Å². The molecular formula is C14H14N2O. The van der Waals surface area contributed by atoms with E-state index >= 15 is 0 Å². The first-order valence-corrected chi connectivity index (χ1v) is 5.46. The number of hydrogen-bond acceptors (Lipinski definition) is 2. The van der Waals surface area contributed by atoms with Gasteiger partial charge in [0.2, 0.25) is 0 Å². The van der Waals surface area contributed by atoms with E-state index in [1.54, 1.807) is 7.11 Å². The van der Waals surface area contributed by atoms with Gasteiger partial charge in [-0.2, -0.15) is 0 Å². The normalized spacial score (nSPS) is 10.6. The van der Waals surface area contributed by atoms with Crippen molar-refractivity contribution in [2.24, 2.45) is 0 Å². The summed E-state index contributed by atoms with van der Waals surface area (Å²) < 4.78 is 5.13. The second-order valence-corrected chi connectivity index (χ2v) is 3.83. The largest absolute Gasteiger partial charge is 0.497 e. The molecule has 0 saturated heterocycles. The first-order valence-electron chi connectivity index (χ1n) is 5.46.